The zero-order chi connectivity index (χ0) is 25.2. The third-order valence-electron chi connectivity index (χ3n) is 7.54. The molecule has 4 rings (SSSR count). The minimum Gasteiger partial charge on any atom is -0.494 e. The average molecular weight is 481 g/mol. The molecule has 1 aliphatic rings. The number of rotatable bonds is 10. The highest BCUT2D eigenvalue weighted by Gasteiger charge is 2.37. The number of hydrogen-bond donors (Lipinski definition) is 1. The van der Waals surface area contributed by atoms with Crippen molar-refractivity contribution in [1.82, 2.24) is 30.1 Å². The van der Waals surface area contributed by atoms with E-state index in [1.807, 2.05) is 35.9 Å². The molecule has 0 bridgehead atoms. The summed E-state index contributed by atoms with van der Waals surface area (Å²) in [4.78, 5) is 18.8. The van der Waals surface area contributed by atoms with E-state index in [-0.39, 0.29) is 23.1 Å². The molecule has 0 spiro atoms. The number of nitrogens with one attached hydrogen (secondary N) is 1. The smallest absolute Gasteiger partial charge is 0.252 e. The van der Waals surface area contributed by atoms with Gasteiger partial charge in [-0.3, -0.25) is 9.69 Å². The first-order valence-corrected chi connectivity index (χ1v) is 13.1. The van der Waals surface area contributed by atoms with Crippen LogP contribution in [0.1, 0.15) is 91.1 Å². The van der Waals surface area contributed by atoms with Gasteiger partial charge in [-0.15, -0.1) is 5.10 Å². The first-order valence-electron chi connectivity index (χ1n) is 13.1. The van der Waals surface area contributed by atoms with Crippen LogP contribution in [0.4, 0.5) is 0 Å². The molecule has 1 aromatic carbocycles. The largest absolute Gasteiger partial charge is 0.494 e. The molecule has 0 radical (unpaired) electrons. The SMILES string of the molecule is CCOc1ccc2[nH]c(=O)c(CN(C3CCCC3)C(c3nnnn3C(C)(C)CC)C(C)C)cc2c1. The molecule has 1 N–H and O–H groups in total. The van der Waals surface area contributed by atoms with Gasteiger partial charge in [0.25, 0.3) is 5.56 Å². The second-order valence-corrected chi connectivity index (χ2v) is 10.7. The van der Waals surface area contributed by atoms with Crippen molar-refractivity contribution in [3.8, 4) is 5.75 Å². The molecule has 2 aromatic heterocycles. The fourth-order valence-electron chi connectivity index (χ4n) is 5.28. The van der Waals surface area contributed by atoms with E-state index in [2.05, 4.69) is 60.0 Å². The van der Waals surface area contributed by atoms with Crippen LogP contribution in [0.15, 0.2) is 29.1 Å². The van der Waals surface area contributed by atoms with Gasteiger partial charge in [-0.1, -0.05) is 33.6 Å². The summed E-state index contributed by atoms with van der Waals surface area (Å²) in [7, 11) is 0. The van der Waals surface area contributed by atoms with Crippen LogP contribution in [-0.2, 0) is 12.1 Å². The Morgan fingerprint density at radius 2 is 1.94 bits per heavy atom. The number of aromatic amines is 1. The van der Waals surface area contributed by atoms with Crippen molar-refractivity contribution in [1.29, 1.82) is 0 Å². The number of pyridine rings is 1. The molecule has 1 atom stereocenters. The lowest BCUT2D eigenvalue weighted by atomic mass is 9.95. The van der Waals surface area contributed by atoms with Crippen LogP contribution in [0.3, 0.4) is 0 Å². The van der Waals surface area contributed by atoms with Gasteiger partial charge >= 0.3 is 0 Å². The minimum absolute atomic E-state index is 0.00350. The van der Waals surface area contributed by atoms with E-state index in [0.717, 1.165) is 47.3 Å². The molecule has 1 unspecified atom stereocenters. The van der Waals surface area contributed by atoms with Gasteiger partial charge in [-0.25, -0.2) is 4.68 Å². The molecule has 0 aliphatic heterocycles. The molecular formula is C27H40N6O2. The molecule has 1 fully saturated rings. The zero-order valence-electron chi connectivity index (χ0n) is 22.0. The summed E-state index contributed by atoms with van der Waals surface area (Å²) in [5, 5.41) is 14.0. The van der Waals surface area contributed by atoms with Crippen molar-refractivity contribution in [2.45, 2.75) is 97.8 Å². The van der Waals surface area contributed by atoms with Crippen molar-refractivity contribution in [2.75, 3.05) is 6.61 Å². The van der Waals surface area contributed by atoms with Gasteiger partial charge in [0.2, 0.25) is 0 Å². The highest BCUT2D eigenvalue weighted by molar-refractivity contribution is 5.80. The van der Waals surface area contributed by atoms with Gasteiger partial charge in [-0.2, -0.15) is 0 Å². The third-order valence-corrected chi connectivity index (χ3v) is 7.54. The van der Waals surface area contributed by atoms with E-state index in [9.17, 15) is 4.79 Å². The van der Waals surface area contributed by atoms with E-state index in [0.29, 0.717) is 19.2 Å². The molecule has 0 saturated heterocycles. The summed E-state index contributed by atoms with van der Waals surface area (Å²) < 4.78 is 7.69. The molecule has 0 amide bonds. The third kappa shape index (κ3) is 5.27. The molecule has 1 saturated carbocycles. The topological polar surface area (TPSA) is 88.9 Å². The van der Waals surface area contributed by atoms with Crippen LogP contribution in [0.25, 0.3) is 10.9 Å². The number of H-pyrrole nitrogens is 1. The normalized spacial score (nSPS) is 16.0. The Bertz CT molecular complexity index is 1190. The average Bonchev–Trinajstić information content (AvgIpc) is 3.52. The van der Waals surface area contributed by atoms with Crippen LogP contribution in [0.2, 0.25) is 0 Å². The highest BCUT2D eigenvalue weighted by atomic mass is 16.5. The van der Waals surface area contributed by atoms with Gasteiger partial charge in [0.05, 0.1) is 18.2 Å². The zero-order valence-corrected chi connectivity index (χ0v) is 22.0. The lowest BCUT2D eigenvalue weighted by Gasteiger charge is -2.39. The van der Waals surface area contributed by atoms with Crippen molar-refractivity contribution in [2.24, 2.45) is 5.92 Å². The number of nitrogens with zero attached hydrogens (tertiary/aromatic N) is 5. The Morgan fingerprint density at radius 3 is 2.60 bits per heavy atom. The van der Waals surface area contributed by atoms with E-state index in [1.165, 1.54) is 12.8 Å². The molecular weight excluding hydrogens is 440 g/mol. The molecule has 35 heavy (non-hydrogen) atoms. The van der Waals surface area contributed by atoms with Crippen molar-refractivity contribution < 1.29 is 4.74 Å². The maximum Gasteiger partial charge on any atom is 0.252 e. The van der Waals surface area contributed by atoms with Gasteiger partial charge < -0.3 is 9.72 Å². The van der Waals surface area contributed by atoms with Crippen molar-refractivity contribution in [3.05, 3.63) is 46.0 Å². The number of fused-ring (bicyclic) bond motifs is 1. The lowest BCUT2D eigenvalue weighted by Crippen LogP contribution is -2.42. The summed E-state index contributed by atoms with van der Waals surface area (Å²) in [5.41, 5.74) is 1.35. The Kier molecular flexibility index (Phi) is 7.59. The fourth-order valence-corrected chi connectivity index (χ4v) is 5.28. The van der Waals surface area contributed by atoms with Gasteiger partial charge in [0.15, 0.2) is 5.82 Å². The Balaban J connectivity index is 1.77. The molecule has 8 heteroatoms. The van der Waals surface area contributed by atoms with E-state index in [4.69, 9.17) is 4.74 Å². The molecule has 2 heterocycles. The van der Waals surface area contributed by atoms with Crippen LogP contribution in [0, 0.1) is 5.92 Å². The number of tetrazole rings is 1. The highest BCUT2D eigenvalue weighted by Crippen LogP contribution is 2.37. The summed E-state index contributed by atoms with van der Waals surface area (Å²) >= 11 is 0. The summed E-state index contributed by atoms with van der Waals surface area (Å²) in [6, 6.07) is 8.23. The van der Waals surface area contributed by atoms with Crippen LogP contribution in [0.5, 0.6) is 5.75 Å². The maximum atomic E-state index is 13.2. The quantitative estimate of drug-likeness (QED) is 0.429. The van der Waals surface area contributed by atoms with E-state index in [1.54, 1.807) is 0 Å². The minimum atomic E-state index is -0.191. The Labute approximate surface area is 208 Å². The molecule has 3 aromatic rings. The summed E-state index contributed by atoms with van der Waals surface area (Å²) in [6.45, 7) is 14.1. The number of aromatic nitrogens is 5. The molecule has 8 nitrogen and oxygen atoms in total. The maximum absolute atomic E-state index is 13.2. The second-order valence-electron chi connectivity index (χ2n) is 10.7. The van der Waals surface area contributed by atoms with E-state index >= 15 is 0 Å². The fraction of sp³-hybridized carbons (Fsp3) is 0.630. The number of hydrogen-bond acceptors (Lipinski definition) is 6. The Morgan fingerprint density at radius 1 is 1.20 bits per heavy atom. The number of ether oxygens (including phenoxy) is 1. The summed E-state index contributed by atoms with van der Waals surface area (Å²) in [5.74, 6) is 1.97. The first kappa shape index (κ1) is 25.4. The van der Waals surface area contributed by atoms with Gasteiger partial charge in [-0.05, 0) is 80.6 Å². The first-order chi connectivity index (χ1) is 16.7. The van der Waals surface area contributed by atoms with Crippen LogP contribution in [-0.4, -0.2) is 42.7 Å². The standard InChI is InChI=1S/C27H40N6O2/c1-7-27(5,6)33-25(29-30-31-33)24(18(3)4)32(21-11-9-10-12-21)17-20-15-19-16-22(35-8-2)13-14-23(19)28-26(20)34/h13-16,18,21,24H,7-12,17H2,1-6H3,(H,28,34). The summed E-state index contributed by atoms with van der Waals surface area (Å²) in [6.07, 6.45) is 5.60. The molecule has 1 aliphatic carbocycles. The van der Waals surface area contributed by atoms with Crippen LogP contribution < -0.4 is 10.3 Å². The lowest BCUT2D eigenvalue weighted by molar-refractivity contribution is 0.0791. The monoisotopic (exact) mass is 480 g/mol. The van der Waals surface area contributed by atoms with E-state index < -0.39 is 0 Å². The van der Waals surface area contributed by atoms with Gasteiger partial charge in [0.1, 0.15) is 5.75 Å². The Hall–Kier alpha value is -2.74. The van der Waals surface area contributed by atoms with Crippen LogP contribution >= 0.6 is 0 Å². The molecule has 190 valence electrons. The van der Waals surface area contributed by atoms with Crippen molar-refractivity contribution in [3.63, 3.8) is 0 Å². The second kappa shape index (κ2) is 10.5. The van der Waals surface area contributed by atoms with Gasteiger partial charge in [0, 0.05) is 29.1 Å². The van der Waals surface area contributed by atoms with Crippen molar-refractivity contribution >= 4 is 10.9 Å². The predicted molar refractivity (Wildman–Crippen MR) is 139 cm³/mol. The predicted octanol–water partition coefficient (Wildman–Crippen LogP) is 5.20. The number of benzene rings is 1.